The minimum atomic E-state index is 0.546. The molecular weight excluding hydrogens is 651 g/mol. The molecule has 250 valence electrons. The van der Waals surface area contributed by atoms with Gasteiger partial charge in [0.2, 0.25) is 0 Å². The SMILES string of the molecule is C/C=C(\C=C/c1ccccc1)c1nc(-c2cccc3c(-c4cccc5oc6ccccc6c45)cccc23)nc(-c2cccc3c2oc2ccccc23)n1. The van der Waals surface area contributed by atoms with Gasteiger partial charge < -0.3 is 8.83 Å². The van der Waals surface area contributed by atoms with Gasteiger partial charge in [-0.3, -0.25) is 0 Å². The minimum absolute atomic E-state index is 0.546. The first-order chi connectivity index (χ1) is 26.2. The van der Waals surface area contributed by atoms with Crippen LogP contribution in [-0.4, -0.2) is 15.0 Å². The summed E-state index contributed by atoms with van der Waals surface area (Å²) in [5, 5.41) is 6.42. The standard InChI is InChI=1S/C48H31N3O2/c1-2-31(29-28-30-14-4-3-5-15-30)46-49-47(51-48(50-46)40-24-12-22-37-35-16-6-8-25-41(35)53-45(37)40)38-23-11-18-32-33(19-10-20-34(32)38)36-21-13-27-43-44(36)39-17-7-9-26-42(39)52-43/h2-29H,1H3/b29-28-,31-2+. The summed E-state index contributed by atoms with van der Waals surface area (Å²) >= 11 is 0. The van der Waals surface area contributed by atoms with Gasteiger partial charge in [0.05, 0.1) is 5.56 Å². The second-order valence-electron chi connectivity index (χ2n) is 13.1. The van der Waals surface area contributed by atoms with Gasteiger partial charge in [0.15, 0.2) is 17.5 Å². The fourth-order valence-electron chi connectivity index (χ4n) is 7.46. The van der Waals surface area contributed by atoms with Crippen molar-refractivity contribution in [1.82, 2.24) is 15.0 Å². The van der Waals surface area contributed by atoms with Crippen molar-refractivity contribution in [3.05, 3.63) is 175 Å². The van der Waals surface area contributed by atoms with Crippen molar-refractivity contribution >= 4 is 66.3 Å². The van der Waals surface area contributed by atoms with Gasteiger partial charge in [0.1, 0.15) is 22.3 Å². The molecule has 0 aliphatic rings. The van der Waals surface area contributed by atoms with Gasteiger partial charge in [-0.1, -0.05) is 146 Å². The number of allylic oxidation sites excluding steroid dienone is 3. The molecule has 5 nitrogen and oxygen atoms in total. The van der Waals surface area contributed by atoms with Crippen LogP contribution in [0.4, 0.5) is 0 Å². The minimum Gasteiger partial charge on any atom is -0.456 e. The van der Waals surface area contributed by atoms with Crippen molar-refractivity contribution in [2.24, 2.45) is 0 Å². The van der Waals surface area contributed by atoms with Crippen LogP contribution < -0.4 is 0 Å². The topological polar surface area (TPSA) is 65.0 Å². The van der Waals surface area contributed by atoms with Gasteiger partial charge in [-0.25, -0.2) is 15.0 Å². The Kier molecular flexibility index (Phi) is 7.29. The van der Waals surface area contributed by atoms with Gasteiger partial charge >= 0.3 is 0 Å². The summed E-state index contributed by atoms with van der Waals surface area (Å²) in [7, 11) is 0. The molecule has 0 saturated heterocycles. The highest BCUT2D eigenvalue weighted by Gasteiger charge is 2.20. The van der Waals surface area contributed by atoms with E-state index in [1.807, 2.05) is 79.7 Å². The zero-order chi connectivity index (χ0) is 35.3. The Labute approximate surface area is 305 Å². The van der Waals surface area contributed by atoms with E-state index < -0.39 is 0 Å². The van der Waals surface area contributed by atoms with Crippen LogP contribution in [0.1, 0.15) is 18.3 Å². The molecule has 10 rings (SSSR count). The lowest BCUT2D eigenvalue weighted by molar-refractivity contribution is 0.669. The molecule has 7 aromatic carbocycles. The van der Waals surface area contributed by atoms with E-state index >= 15 is 0 Å². The zero-order valence-corrected chi connectivity index (χ0v) is 28.8. The van der Waals surface area contributed by atoms with Crippen LogP contribution >= 0.6 is 0 Å². The second kappa shape index (κ2) is 12.6. The van der Waals surface area contributed by atoms with E-state index in [0.29, 0.717) is 17.5 Å². The van der Waals surface area contributed by atoms with Crippen LogP contribution in [0.5, 0.6) is 0 Å². The quantitative estimate of drug-likeness (QED) is 0.163. The maximum Gasteiger partial charge on any atom is 0.167 e. The second-order valence-corrected chi connectivity index (χ2v) is 13.1. The molecule has 0 unspecified atom stereocenters. The van der Waals surface area contributed by atoms with E-state index in [0.717, 1.165) is 88.0 Å². The van der Waals surface area contributed by atoms with E-state index in [-0.39, 0.29) is 0 Å². The average Bonchev–Trinajstić information content (AvgIpc) is 3.80. The maximum absolute atomic E-state index is 6.47. The summed E-state index contributed by atoms with van der Waals surface area (Å²) < 4.78 is 12.7. The molecule has 0 aliphatic carbocycles. The summed E-state index contributed by atoms with van der Waals surface area (Å²) in [4.78, 5) is 15.5. The zero-order valence-electron chi connectivity index (χ0n) is 28.8. The first-order valence-corrected chi connectivity index (χ1v) is 17.7. The predicted octanol–water partition coefficient (Wildman–Crippen LogP) is 12.9. The highest BCUT2D eigenvalue weighted by atomic mass is 16.3. The molecule has 0 saturated carbocycles. The molecule has 0 radical (unpaired) electrons. The molecular formula is C48H31N3O2. The fraction of sp³-hybridized carbons (Fsp3) is 0.0208. The number of aromatic nitrogens is 3. The Bertz CT molecular complexity index is 3080. The average molecular weight is 682 g/mol. The monoisotopic (exact) mass is 681 g/mol. The van der Waals surface area contributed by atoms with Crippen molar-refractivity contribution in [1.29, 1.82) is 0 Å². The number of para-hydroxylation sites is 3. The molecule has 0 spiro atoms. The molecule has 3 heterocycles. The largest absolute Gasteiger partial charge is 0.456 e. The first kappa shape index (κ1) is 30.7. The fourth-order valence-corrected chi connectivity index (χ4v) is 7.46. The van der Waals surface area contributed by atoms with Gasteiger partial charge in [0.25, 0.3) is 0 Å². The summed E-state index contributed by atoms with van der Waals surface area (Å²) in [6.07, 6.45) is 6.20. The van der Waals surface area contributed by atoms with Crippen LogP contribution in [0, 0.1) is 0 Å². The van der Waals surface area contributed by atoms with E-state index in [1.165, 1.54) is 0 Å². The summed E-state index contributed by atoms with van der Waals surface area (Å²) in [6, 6.07) is 51.8. The van der Waals surface area contributed by atoms with E-state index in [9.17, 15) is 0 Å². The van der Waals surface area contributed by atoms with E-state index in [2.05, 4.69) is 97.1 Å². The molecule has 3 aromatic heterocycles. The van der Waals surface area contributed by atoms with Crippen LogP contribution in [0.2, 0.25) is 0 Å². The summed E-state index contributed by atoms with van der Waals surface area (Å²) in [6.45, 7) is 2.01. The highest BCUT2D eigenvalue weighted by molar-refractivity contribution is 6.16. The predicted molar refractivity (Wildman–Crippen MR) is 217 cm³/mol. The van der Waals surface area contributed by atoms with Gasteiger partial charge in [-0.2, -0.15) is 0 Å². The number of benzene rings is 7. The van der Waals surface area contributed by atoms with Crippen LogP contribution in [0.3, 0.4) is 0 Å². The van der Waals surface area contributed by atoms with Crippen LogP contribution in [0.15, 0.2) is 173 Å². The van der Waals surface area contributed by atoms with Gasteiger partial charge in [-0.15, -0.1) is 0 Å². The number of nitrogens with zero attached hydrogens (tertiary/aromatic N) is 3. The van der Waals surface area contributed by atoms with Crippen molar-refractivity contribution in [2.45, 2.75) is 6.92 Å². The van der Waals surface area contributed by atoms with Crippen LogP contribution in [0.25, 0.3) is 100 Å². The van der Waals surface area contributed by atoms with Crippen molar-refractivity contribution in [3.8, 4) is 33.9 Å². The molecule has 53 heavy (non-hydrogen) atoms. The van der Waals surface area contributed by atoms with Crippen molar-refractivity contribution < 1.29 is 8.83 Å². The van der Waals surface area contributed by atoms with Crippen LogP contribution in [-0.2, 0) is 0 Å². The normalized spacial score (nSPS) is 12.3. The molecule has 0 amide bonds. The van der Waals surface area contributed by atoms with Gasteiger partial charge in [-0.05, 0) is 58.7 Å². The first-order valence-electron chi connectivity index (χ1n) is 17.7. The Morgan fingerprint density at radius 2 is 1.02 bits per heavy atom. The lowest BCUT2D eigenvalue weighted by atomic mass is 9.93. The highest BCUT2D eigenvalue weighted by Crippen LogP contribution is 2.41. The van der Waals surface area contributed by atoms with E-state index in [1.54, 1.807) is 0 Å². The summed E-state index contributed by atoms with van der Waals surface area (Å²) in [5.74, 6) is 1.71. The number of fused-ring (bicyclic) bond motifs is 7. The third-order valence-corrected chi connectivity index (χ3v) is 9.96. The van der Waals surface area contributed by atoms with Crippen molar-refractivity contribution in [2.75, 3.05) is 0 Å². The molecule has 0 N–H and O–H groups in total. The number of hydrogen-bond acceptors (Lipinski definition) is 5. The Hall–Kier alpha value is -7.11. The number of furan rings is 2. The third kappa shape index (κ3) is 5.21. The molecule has 0 fully saturated rings. The molecule has 0 aliphatic heterocycles. The smallest absolute Gasteiger partial charge is 0.167 e. The van der Waals surface area contributed by atoms with Gasteiger partial charge in [0, 0.05) is 32.7 Å². The lowest BCUT2D eigenvalue weighted by Gasteiger charge is -2.13. The van der Waals surface area contributed by atoms with E-state index in [4.69, 9.17) is 23.8 Å². The lowest BCUT2D eigenvalue weighted by Crippen LogP contribution is -2.03. The molecule has 0 bridgehead atoms. The Balaban J connectivity index is 1.20. The third-order valence-electron chi connectivity index (χ3n) is 9.96. The molecule has 0 atom stereocenters. The Morgan fingerprint density at radius 1 is 0.453 bits per heavy atom. The maximum atomic E-state index is 6.47. The number of rotatable bonds is 6. The molecule has 10 aromatic rings. The summed E-state index contributed by atoms with van der Waals surface area (Å²) in [5.41, 5.74) is 9.25. The molecule has 5 heteroatoms. The number of hydrogen-bond donors (Lipinski definition) is 0. The van der Waals surface area contributed by atoms with Crippen molar-refractivity contribution in [3.63, 3.8) is 0 Å². The Morgan fingerprint density at radius 3 is 1.81 bits per heavy atom.